The van der Waals surface area contributed by atoms with Crippen molar-refractivity contribution in [3.63, 3.8) is 0 Å². The van der Waals surface area contributed by atoms with Crippen LogP contribution in [0.5, 0.6) is 0 Å². The summed E-state index contributed by atoms with van der Waals surface area (Å²) in [5.41, 5.74) is 7.45. The maximum atomic E-state index is 11.8. The summed E-state index contributed by atoms with van der Waals surface area (Å²) in [6.07, 6.45) is 2.43. The second-order valence-electron chi connectivity index (χ2n) is 6.87. The summed E-state index contributed by atoms with van der Waals surface area (Å²) in [7, 11) is 0. The number of hydrogen-bond donors (Lipinski definition) is 2. The zero-order valence-corrected chi connectivity index (χ0v) is 14.0. The number of amides is 1. The van der Waals surface area contributed by atoms with Gasteiger partial charge in [-0.1, -0.05) is 32.9 Å². The third-order valence-corrected chi connectivity index (χ3v) is 4.86. The fraction of sp³-hybridized carbons (Fsp3) is 0.588. The summed E-state index contributed by atoms with van der Waals surface area (Å²) in [6, 6.07) is 8.60. The molecule has 1 aliphatic carbocycles. The van der Waals surface area contributed by atoms with E-state index in [1.165, 1.54) is 18.4 Å². The van der Waals surface area contributed by atoms with Crippen LogP contribution in [-0.4, -0.2) is 24.2 Å². The van der Waals surface area contributed by atoms with Crippen molar-refractivity contribution in [1.29, 1.82) is 0 Å². The number of rotatable bonds is 6. The molecule has 0 heterocycles. The van der Waals surface area contributed by atoms with Crippen molar-refractivity contribution in [3.8, 4) is 0 Å². The second kappa shape index (κ2) is 6.84. The molecule has 0 saturated heterocycles. The monoisotopic (exact) mass is 306 g/mol. The van der Waals surface area contributed by atoms with Crippen LogP contribution in [0.1, 0.15) is 39.2 Å². The molecule has 3 N–H and O–H groups in total. The van der Waals surface area contributed by atoms with Crippen LogP contribution in [-0.2, 0) is 10.2 Å². The molecule has 0 aliphatic heterocycles. The highest BCUT2D eigenvalue weighted by molar-refractivity contribution is 8.00. The number of benzene rings is 1. The lowest BCUT2D eigenvalue weighted by Crippen LogP contribution is -2.39. The molecule has 1 amide bonds. The molecule has 0 radical (unpaired) electrons. The molecular formula is C17H26N2OS. The summed E-state index contributed by atoms with van der Waals surface area (Å²) in [5.74, 6) is 1.14. The Balaban J connectivity index is 1.73. The first-order valence-corrected chi connectivity index (χ1v) is 8.60. The van der Waals surface area contributed by atoms with E-state index in [0.29, 0.717) is 18.2 Å². The van der Waals surface area contributed by atoms with E-state index in [0.717, 1.165) is 4.90 Å². The minimum atomic E-state index is 0.0657. The van der Waals surface area contributed by atoms with E-state index in [9.17, 15) is 4.79 Å². The molecule has 1 aromatic carbocycles. The molecule has 0 spiro atoms. The van der Waals surface area contributed by atoms with Crippen molar-refractivity contribution in [1.82, 2.24) is 5.32 Å². The zero-order valence-electron chi connectivity index (χ0n) is 13.2. The van der Waals surface area contributed by atoms with Crippen LogP contribution in [0.25, 0.3) is 0 Å². The largest absolute Gasteiger partial charge is 0.354 e. The van der Waals surface area contributed by atoms with E-state index in [2.05, 4.69) is 50.4 Å². The predicted molar refractivity (Wildman–Crippen MR) is 89.6 cm³/mol. The molecule has 1 saturated carbocycles. The number of thioether (sulfide) groups is 1. The summed E-state index contributed by atoms with van der Waals surface area (Å²) in [4.78, 5) is 12.9. The van der Waals surface area contributed by atoms with Gasteiger partial charge < -0.3 is 11.1 Å². The summed E-state index contributed by atoms with van der Waals surface area (Å²) < 4.78 is 0. The van der Waals surface area contributed by atoms with E-state index in [4.69, 9.17) is 5.73 Å². The number of nitrogens with two attached hydrogens (primary N) is 1. The average molecular weight is 306 g/mol. The van der Waals surface area contributed by atoms with Gasteiger partial charge in [-0.2, -0.15) is 0 Å². The van der Waals surface area contributed by atoms with Gasteiger partial charge in [0.25, 0.3) is 0 Å². The number of carbonyl (C=O) groups is 1. The highest BCUT2D eigenvalue weighted by atomic mass is 32.2. The van der Waals surface area contributed by atoms with Crippen molar-refractivity contribution in [2.45, 2.75) is 50.0 Å². The number of hydrogen-bond acceptors (Lipinski definition) is 3. The second-order valence-corrected chi connectivity index (χ2v) is 7.92. The standard InChI is InChI=1S/C17H26N2OS/c1-17(2,3)13-6-8-14(9-7-13)21-11-16(20)19-10-15(18)12-4-5-12/h6-9,12,15H,4-5,10-11,18H2,1-3H3,(H,19,20). The fourth-order valence-electron chi connectivity index (χ4n) is 2.17. The lowest BCUT2D eigenvalue weighted by molar-refractivity contribution is -0.118. The first-order chi connectivity index (χ1) is 9.86. The molecule has 0 aromatic heterocycles. The van der Waals surface area contributed by atoms with Gasteiger partial charge in [0.1, 0.15) is 0 Å². The highest BCUT2D eigenvalue weighted by Gasteiger charge is 2.28. The quantitative estimate of drug-likeness (QED) is 0.795. The Bertz CT molecular complexity index is 475. The van der Waals surface area contributed by atoms with Crippen LogP contribution in [0.4, 0.5) is 0 Å². The number of nitrogens with one attached hydrogen (secondary N) is 1. The Labute approximate surface area is 132 Å². The summed E-state index contributed by atoms with van der Waals surface area (Å²) in [5, 5.41) is 2.92. The molecule has 21 heavy (non-hydrogen) atoms. The van der Waals surface area contributed by atoms with Crippen LogP contribution < -0.4 is 11.1 Å². The van der Waals surface area contributed by atoms with Crippen molar-refractivity contribution < 1.29 is 4.79 Å². The smallest absolute Gasteiger partial charge is 0.230 e. The van der Waals surface area contributed by atoms with E-state index in [1.54, 1.807) is 11.8 Å². The molecule has 4 heteroatoms. The van der Waals surface area contributed by atoms with Crippen LogP contribution >= 0.6 is 11.8 Å². The van der Waals surface area contributed by atoms with Gasteiger partial charge in [0.2, 0.25) is 5.91 Å². The van der Waals surface area contributed by atoms with Gasteiger partial charge in [0, 0.05) is 17.5 Å². The normalized spacial score (nSPS) is 16.6. The molecule has 1 fully saturated rings. The molecule has 2 rings (SSSR count). The van der Waals surface area contributed by atoms with Gasteiger partial charge in [-0.05, 0) is 41.9 Å². The third kappa shape index (κ3) is 5.36. The van der Waals surface area contributed by atoms with Crippen LogP contribution in [0, 0.1) is 5.92 Å². The van der Waals surface area contributed by atoms with Crippen molar-refractivity contribution in [3.05, 3.63) is 29.8 Å². The first kappa shape index (κ1) is 16.4. The van der Waals surface area contributed by atoms with Gasteiger partial charge in [-0.25, -0.2) is 0 Å². The zero-order chi connectivity index (χ0) is 15.5. The van der Waals surface area contributed by atoms with Crippen LogP contribution in [0.15, 0.2) is 29.2 Å². The highest BCUT2D eigenvalue weighted by Crippen LogP contribution is 2.31. The fourth-order valence-corrected chi connectivity index (χ4v) is 2.90. The molecule has 0 bridgehead atoms. The summed E-state index contributed by atoms with van der Waals surface area (Å²) in [6.45, 7) is 7.20. The topological polar surface area (TPSA) is 55.1 Å². The Hall–Kier alpha value is -1.00. The van der Waals surface area contributed by atoms with Gasteiger partial charge >= 0.3 is 0 Å². The van der Waals surface area contributed by atoms with Gasteiger partial charge in [0.15, 0.2) is 0 Å². The summed E-state index contributed by atoms with van der Waals surface area (Å²) >= 11 is 1.57. The minimum absolute atomic E-state index is 0.0657. The van der Waals surface area contributed by atoms with Crippen molar-refractivity contribution in [2.75, 3.05) is 12.3 Å². The Morgan fingerprint density at radius 3 is 2.48 bits per heavy atom. The lowest BCUT2D eigenvalue weighted by Gasteiger charge is -2.19. The SMILES string of the molecule is CC(C)(C)c1ccc(SCC(=O)NCC(N)C2CC2)cc1. The van der Waals surface area contributed by atoms with Gasteiger partial charge in [-0.3, -0.25) is 4.79 Å². The molecule has 1 unspecified atom stereocenters. The molecule has 1 aromatic rings. The van der Waals surface area contributed by atoms with Crippen molar-refractivity contribution >= 4 is 17.7 Å². The van der Waals surface area contributed by atoms with Crippen LogP contribution in [0.2, 0.25) is 0 Å². The molecule has 1 aliphatic rings. The van der Waals surface area contributed by atoms with E-state index in [1.807, 2.05) is 0 Å². The molecule has 1 atom stereocenters. The van der Waals surface area contributed by atoms with Gasteiger partial charge in [-0.15, -0.1) is 11.8 Å². The van der Waals surface area contributed by atoms with E-state index >= 15 is 0 Å². The third-order valence-electron chi connectivity index (χ3n) is 3.85. The maximum Gasteiger partial charge on any atom is 0.230 e. The molecule has 3 nitrogen and oxygen atoms in total. The maximum absolute atomic E-state index is 11.8. The Morgan fingerprint density at radius 2 is 1.95 bits per heavy atom. The van der Waals surface area contributed by atoms with Crippen molar-refractivity contribution in [2.24, 2.45) is 11.7 Å². The lowest BCUT2D eigenvalue weighted by atomic mass is 9.87. The first-order valence-electron chi connectivity index (χ1n) is 7.62. The molecular weight excluding hydrogens is 280 g/mol. The number of carbonyl (C=O) groups excluding carboxylic acids is 1. The van der Waals surface area contributed by atoms with E-state index < -0.39 is 0 Å². The minimum Gasteiger partial charge on any atom is -0.354 e. The Kier molecular flexibility index (Phi) is 5.33. The van der Waals surface area contributed by atoms with Crippen LogP contribution in [0.3, 0.4) is 0 Å². The van der Waals surface area contributed by atoms with E-state index in [-0.39, 0.29) is 17.4 Å². The Morgan fingerprint density at radius 1 is 1.33 bits per heavy atom. The predicted octanol–water partition coefficient (Wildman–Crippen LogP) is 2.93. The van der Waals surface area contributed by atoms with Gasteiger partial charge in [0.05, 0.1) is 5.75 Å². The molecule has 116 valence electrons. The average Bonchev–Trinajstić information content (AvgIpc) is 3.26.